The lowest BCUT2D eigenvalue weighted by molar-refractivity contribution is 0.0728. The predicted octanol–water partition coefficient (Wildman–Crippen LogP) is 2.21. The summed E-state index contributed by atoms with van der Waals surface area (Å²) in [4.78, 5) is 19.4. The van der Waals surface area contributed by atoms with E-state index in [1.54, 1.807) is 10.7 Å². The van der Waals surface area contributed by atoms with Gasteiger partial charge in [0.05, 0.1) is 11.6 Å². The Kier molecular flexibility index (Phi) is 3.13. The van der Waals surface area contributed by atoms with Crippen LogP contribution in [-0.4, -0.2) is 42.5 Å². The molecule has 3 heterocycles. The molecule has 0 radical (unpaired) electrons. The van der Waals surface area contributed by atoms with Crippen LogP contribution < -0.4 is 0 Å². The van der Waals surface area contributed by atoms with Gasteiger partial charge in [-0.15, -0.1) is 5.10 Å². The van der Waals surface area contributed by atoms with E-state index >= 15 is 0 Å². The van der Waals surface area contributed by atoms with Crippen molar-refractivity contribution in [3.63, 3.8) is 0 Å². The Morgan fingerprint density at radius 3 is 3.00 bits per heavy atom. The molecule has 2 aromatic heterocycles. The number of hydrogen-bond acceptors (Lipinski definition) is 6. The van der Waals surface area contributed by atoms with Crippen LogP contribution in [0.15, 0.2) is 22.7 Å². The number of fused-ring (bicyclic) bond motifs is 1. The Balaban J connectivity index is 1.43. The topological polar surface area (TPSA) is 89.9 Å². The molecule has 0 spiro atoms. The Morgan fingerprint density at radius 2 is 2.16 bits per heavy atom. The highest BCUT2D eigenvalue weighted by Crippen LogP contribution is 2.40. The van der Waals surface area contributed by atoms with Crippen molar-refractivity contribution in [1.29, 1.82) is 0 Å². The zero-order valence-corrected chi connectivity index (χ0v) is 13.9. The second-order valence-corrected chi connectivity index (χ2v) is 6.84. The van der Waals surface area contributed by atoms with Gasteiger partial charge < -0.3 is 9.42 Å². The van der Waals surface area contributed by atoms with E-state index in [4.69, 9.17) is 4.52 Å². The van der Waals surface area contributed by atoms with Gasteiger partial charge in [-0.1, -0.05) is 10.4 Å². The summed E-state index contributed by atoms with van der Waals surface area (Å²) in [5.74, 6) is 1.75. The summed E-state index contributed by atoms with van der Waals surface area (Å²) in [5.41, 5.74) is 2.24. The van der Waals surface area contributed by atoms with Crippen molar-refractivity contribution in [2.75, 3.05) is 6.54 Å². The fourth-order valence-corrected chi connectivity index (χ4v) is 3.50. The Hall–Kier alpha value is -2.77. The van der Waals surface area contributed by atoms with Gasteiger partial charge in [-0.25, -0.2) is 4.68 Å². The van der Waals surface area contributed by atoms with Crippen molar-refractivity contribution in [2.24, 2.45) is 7.05 Å². The van der Waals surface area contributed by atoms with Gasteiger partial charge >= 0.3 is 0 Å². The Bertz CT molecular complexity index is 957. The fourth-order valence-electron chi connectivity index (χ4n) is 3.50. The van der Waals surface area contributed by atoms with Gasteiger partial charge in [0.1, 0.15) is 5.52 Å². The molecule has 0 unspecified atom stereocenters. The molecule has 1 aliphatic carbocycles. The molecule has 3 aromatic rings. The molecule has 8 nitrogen and oxygen atoms in total. The third-order valence-corrected chi connectivity index (χ3v) is 5.05. The van der Waals surface area contributed by atoms with E-state index in [2.05, 4.69) is 20.5 Å². The van der Waals surface area contributed by atoms with Crippen LogP contribution >= 0.6 is 0 Å². The molecule has 128 valence electrons. The average Bonchev–Trinajstić information content (AvgIpc) is 3.04. The maximum atomic E-state index is 13.0. The first-order chi connectivity index (χ1) is 12.2. The SMILES string of the molecule is Cn1nnc2cc(C(=O)N3CCC[C@@H]3c3noc(C4CC4)n3)ccc21. The molecule has 1 saturated heterocycles. The summed E-state index contributed by atoms with van der Waals surface area (Å²) in [6.45, 7) is 0.704. The second-order valence-electron chi connectivity index (χ2n) is 6.84. The van der Waals surface area contributed by atoms with Gasteiger partial charge in [0.2, 0.25) is 5.89 Å². The van der Waals surface area contributed by atoms with E-state index in [9.17, 15) is 4.79 Å². The number of likely N-dealkylation sites (tertiary alicyclic amines) is 1. The zero-order valence-electron chi connectivity index (χ0n) is 13.9. The van der Waals surface area contributed by atoms with Gasteiger partial charge in [0.25, 0.3) is 5.91 Å². The fraction of sp³-hybridized carbons (Fsp3) is 0.471. The number of benzene rings is 1. The van der Waals surface area contributed by atoms with Crippen molar-refractivity contribution in [1.82, 2.24) is 30.0 Å². The number of aryl methyl sites for hydroxylation is 1. The number of rotatable bonds is 3. The minimum absolute atomic E-state index is 0.0205. The van der Waals surface area contributed by atoms with Crippen LogP contribution in [0.4, 0.5) is 0 Å². The number of nitrogens with zero attached hydrogens (tertiary/aromatic N) is 6. The molecule has 0 N–H and O–H groups in total. The number of carbonyl (C=O) groups is 1. The Morgan fingerprint density at radius 1 is 1.28 bits per heavy atom. The second kappa shape index (κ2) is 5.37. The third kappa shape index (κ3) is 2.40. The summed E-state index contributed by atoms with van der Waals surface area (Å²) >= 11 is 0. The third-order valence-electron chi connectivity index (χ3n) is 5.05. The molecule has 25 heavy (non-hydrogen) atoms. The van der Waals surface area contributed by atoms with E-state index in [1.165, 1.54) is 0 Å². The van der Waals surface area contributed by atoms with Crippen LogP contribution in [0.3, 0.4) is 0 Å². The van der Waals surface area contributed by atoms with E-state index in [1.807, 2.05) is 24.1 Å². The summed E-state index contributed by atoms with van der Waals surface area (Å²) < 4.78 is 7.07. The molecule has 1 saturated carbocycles. The lowest BCUT2D eigenvalue weighted by Gasteiger charge is -2.22. The van der Waals surface area contributed by atoms with E-state index in [0.29, 0.717) is 23.9 Å². The normalized spacial score (nSPS) is 20.5. The van der Waals surface area contributed by atoms with Gasteiger partial charge in [0.15, 0.2) is 5.82 Å². The average molecular weight is 338 g/mol. The van der Waals surface area contributed by atoms with Gasteiger partial charge in [-0.2, -0.15) is 4.98 Å². The monoisotopic (exact) mass is 338 g/mol. The first kappa shape index (κ1) is 14.6. The largest absolute Gasteiger partial charge is 0.339 e. The molecular formula is C17H18N6O2. The van der Waals surface area contributed by atoms with Crippen LogP contribution in [0.1, 0.15) is 59.7 Å². The van der Waals surface area contributed by atoms with Crippen molar-refractivity contribution < 1.29 is 9.32 Å². The number of hydrogen-bond donors (Lipinski definition) is 0. The molecule has 1 aliphatic heterocycles. The zero-order chi connectivity index (χ0) is 17.0. The van der Waals surface area contributed by atoms with Crippen molar-refractivity contribution in [3.8, 4) is 0 Å². The number of amides is 1. The summed E-state index contributed by atoms with van der Waals surface area (Å²) in [6.07, 6.45) is 4.04. The van der Waals surface area contributed by atoms with Gasteiger partial charge in [-0.05, 0) is 43.9 Å². The number of aromatic nitrogens is 5. The van der Waals surface area contributed by atoms with Crippen molar-refractivity contribution >= 4 is 16.9 Å². The quantitative estimate of drug-likeness (QED) is 0.727. The van der Waals surface area contributed by atoms with Crippen LogP contribution in [0.2, 0.25) is 0 Å². The summed E-state index contributed by atoms with van der Waals surface area (Å²) in [7, 11) is 1.83. The predicted molar refractivity (Wildman–Crippen MR) is 87.8 cm³/mol. The minimum Gasteiger partial charge on any atom is -0.339 e. The lowest BCUT2D eigenvalue weighted by atomic mass is 10.1. The highest BCUT2D eigenvalue weighted by Gasteiger charge is 2.36. The van der Waals surface area contributed by atoms with E-state index in [0.717, 1.165) is 42.6 Å². The van der Waals surface area contributed by atoms with Crippen LogP contribution in [0.5, 0.6) is 0 Å². The van der Waals surface area contributed by atoms with Gasteiger partial charge in [0, 0.05) is 25.1 Å². The summed E-state index contributed by atoms with van der Waals surface area (Å²) in [6, 6.07) is 5.40. The van der Waals surface area contributed by atoms with Crippen LogP contribution in [0, 0.1) is 0 Å². The lowest BCUT2D eigenvalue weighted by Crippen LogP contribution is -2.31. The Labute approximate surface area is 143 Å². The smallest absolute Gasteiger partial charge is 0.254 e. The van der Waals surface area contributed by atoms with Crippen molar-refractivity contribution in [3.05, 3.63) is 35.5 Å². The standard InChI is InChI=1S/C17H18N6O2/c1-22-13-7-6-11(9-12(13)19-21-22)17(24)23-8-2-3-14(23)15-18-16(25-20-15)10-4-5-10/h6-7,9-10,14H,2-5,8H2,1H3/t14-/m1/s1. The first-order valence-corrected chi connectivity index (χ1v) is 8.64. The van der Waals surface area contributed by atoms with Gasteiger partial charge in [-0.3, -0.25) is 4.79 Å². The van der Waals surface area contributed by atoms with Crippen molar-refractivity contribution in [2.45, 2.75) is 37.6 Å². The molecule has 5 rings (SSSR count). The van der Waals surface area contributed by atoms with Crippen LogP contribution in [-0.2, 0) is 7.05 Å². The molecule has 1 aromatic carbocycles. The molecule has 1 atom stereocenters. The molecule has 1 amide bonds. The molecule has 8 heteroatoms. The van der Waals surface area contributed by atoms with E-state index in [-0.39, 0.29) is 11.9 Å². The minimum atomic E-state index is -0.110. The maximum absolute atomic E-state index is 13.0. The molecule has 0 bridgehead atoms. The highest BCUT2D eigenvalue weighted by atomic mass is 16.5. The highest BCUT2D eigenvalue weighted by molar-refractivity contribution is 5.97. The molecular weight excluding hydrogens is 320 g/mol. The maximum Gasteiger partial charge on any atom is 0.254 e. The first-order valence-electron chi connectivity index (χ1n) is 8.64. The molecule has 2 aliphatic rings. The van der Waals surface area contributed by atoms with E-state index < -0.39 is 0 Å². The number of carbonyl (C=O) groups excluding carboxylic acids is 1. The summed E-state index contributed by atoms with van der Waals surface area (Å²) in [5, 5.41) is 12.2. The molecule has 2 fully saturated rings. The van der Waals surface area contributed by atoms with Crippen LogP contribution in [0.25, 0.3) is 11.0 Å².